The van der Waals surface area contributed by atoms with Gasteiger partial charge >= 0.3 is 0 Å². The van der Waals surface area contributed by atoms with E-state index >= 15 is 0 Å². The van der Waals surface area contributed by atoms with Crippen LogP contribution in [0.5, 0.6) is 5.75 Å². The van der Waals surface area contributed by atoms with Gasteiger partial charge in [0.1, 0.15) is 0 Å². The van der Waals surface area contributed by atoms with Crippen LogP contribution in [-0.4, -0.2) is 11.0 Å². The van der Waals surface area contributed by atoms with Gasteiger partial charge in [0, 0.05) is 5.02 Å². The van der Waals surface area contributed by atoms with Gasteiger partial charge in [-0.15, -0.1) is 11.6 Å². The van der Waals surface area contributed by atoms with Crippen molar-refractivity contribution in [2.24, 2.45) is 0 Å². The molecule has 0 bridgehead atoms. The van der Waals surface area contributed by atoms with E-state index in [1.807, 2.05) is 0 Å². The van der Waals surface area contributed by atoms with Crippen molar-refractivity contribution in [3.8, 4) is 17.6 Å². The van der Waals surface area contributed by atoms with Crippen molar-refractivity contribution in [1.82, 2.24) is 0 Å². The zero-order chi connectivity index (χ0) is 9.84. The van der Waals surface area contributed by atoms with Gasteiger partial charge in [0.2, 0.25) is 0 Å². The van der Waals surface area contributed by atoms with Crippen molar-refractivity contribution < 1.29 is 9.50 Å². The molecule has 0 saturated heterocycles. The van der Waals surface area contributed by atoms with E-state index in [0.717, 1.165) is 6.07 Å². The highest BCUT2D eigenvalue weighted by Crippen LogP contribution is 2.24. The SMILES string of the molecule is Oc1c(F)cc(Cl)cc1C#CCCl. The van der Waals surface area contributed by atoms with Gasteiger partial charge in [-0.1, -0.05) is 23.4 Å². The summed E-state index contributed by atoms with van der Waals surface area (Å²) in [6.07, 6.45) is 0. The molecule has 1 aromatic rings. The number of hydrogen-bond acceptors (Lipinski definition) is 1. The molecule has 0 aliphatic rings. The molecule has 0 amide bonds. The Balaban J connectivity index is 3.20. The van der Waals surface area contributed by atoms with E-state index < -0.39 is 11.6 Å². The number of aromatic hydroxyl groups is 1. The summed E-state index contributed by atoms with van der Waals surface area (Å²) < 4.78 is 12.8. The molecule has 1 N–H and O–H groups in total. The maximum absolute atomic E-state index is 12.8. The topological polar surface area (TPSA) is 20.2 Å². The largest absolute Gasteiger partial charge is 0.504 e. The summed E-state index contributed by atoms with van der Waals surface area (Å²) in [6, 6.07) is 2.39. The fourth-order valence-electron chi connectivity index (χ4n) is 0.790. The Labute approximate surface area is 85.1 Å². The summed E-state index contributed by atoms with van der Waals surface area (Å²) in [4.78, 5) is 0. The van der Waals surface area contributed by atoms with Gasteiger partial charge in [-0.3, -0.25) is 0 Å². The van der Waals surface area contributed by atoms with Crippen LogP contribution in [0, 0.1) is 17.7 Å². The molecule has 0 saturated carbocycles. The van der Waals surface area contributed by atoms with E-state index in [9.17, 15) is 4.39 Å². The Morgan fingerprint density at radius 3 is 2.77 bits per heavy atom. The maximum Gasteiger partial charge on any atom is 0.167 e. The molecule has 1 nitrogen and oxygen atoms in total. The second-order valence-electron chi connectivity index (χ2n) is 2.22. The molecule has 4 heteroatoms. The van der Waals surface area contributed by atoms with Crippen LogP contribution in [0.3, 0.4) is 0 Å². The first kappa shape index (κ1) is 10.2. The van der Waals surface area contributed by atoms with E-state index in [-0.39, 0.29) is 16.5 Å². The molecule has 0 aromatic heterocycles. The maximum atomic E-state index is 12.8. The Morgan fingerprint density at radius 1 is 1.46 bits per heavy atom. The average Bonchev–Trinajstić information content (AvgIpc) is 2.09. The van der Waals surface area contributed by atoms with Crippen LogP contribution in [0.4, 0.5) is 4.39 Å². The normalized spacial score (nSPS) is 9.15. The van der Waals surface area contributed by atoms with Crippen molar-refractivity contribution in [3.63, 3.8) is 0 Å². The lowest BCUT2D eigenvalue weighted by molar-refractivity contribution is 0.431. The number of hydrogen-bond donors (Lipinski definition) is 1. The summed E-state index contributed by atoms with van der Waals surface area (Å²) in [5.74, 6) is 3.81. The van der Waals surface area contributed by atoms with E-state index in [4.69, 9.17) is 28.3 Å². The van der Waals surface area contributed by atoms with Crippen LogP contribution < -0.4 is 0 Å². The summed E-state index contributed by atoms with van der Waals surface area (Å²) in [5, 5.41) is 9.36. The van der Waals surface area contributed by atoms with Gasteiger partial charge in [-0.25, -0.2) is 4.39 Å². The minimum Gasteiger partial charge on any atom is -0.504 e. The molecule has 0 aliphatic heterocycles. The molecule has 0 unspecified atom stereocenters. The average molecular weight is 219 g/mol. The van der Waals surface area contributed by atoms with Gasteiger partial charge in [-0.2, -0.15) is 0 Å². The van der Waals surface area contributed by atoms with Gasteiger partial charge in [0.15, 0.2) is 11.6 Å². The Morgan fingerprint density at radius 2 is 2.15 bits per heavy atom. The zero-order valence-electron chi connectivity index (χ0n) is 6.44. The number of rotatable bonds is 0. The van der Waals surface area contributed by atoms with Crippen LogP contribution >= 0.6 is 23.2 Å². The quantitative estimate of drug-likeness (QED) is 0.525. The van der Waals surface area contributed by atoms with Crippen molar-refractivity contribution in [1.29, 1.82) is 0 Å². The fraction of sp³-hybridized carbons (Fsp3) is 0.111. The van der Waals surface area contributed by atoms with Crippen LogP contribution in [0.2, 0.25) is 5.02 Å². The summed E-state index contributed by atoms with van der Waals surface area (Å²) >= 11 is 10.9. The minimum absolute atomic E-state index is 0.119. The second kappa shape index (κ2) is 4.36. The van der Waals surface area contributed by atoms with Crippen molar-refractivity contribution in [2.75, 3.05) is 5.88 Å². The number of halogens is 3. The fourth-order valence-corrected chi connectivity index (χ4v) is 1.06. The third-order valence-electron chi connectivity index (χ3n) is 1.32. The highest BCUT2D eigenvalue weighted by molar-refractivity contribution is 6.30. The lowest BCUT2D eigenvalue weighted by Crippen LogP contribution is -1.83. The molecule has 1 aromatic carbocycles. The van der Waals surface area contributed by atoms with E-state index in [0.29, 0.717) is 0 Å². The first-order chi connectivity index (χ1) is 6.15. The van der Waals surface area contributed by atoms with Crippen LogP contribution in [0.1, 0.15) is 5.56 Å². The van der Waals surface area contributed by atoms with Crippen LogP contribution in [0.15, 0.2) is 12.1 Å². The molecular weight excluding hydrogens is 214 g/mol. The summed E-state index contributed by atoms with van der Waals surface area (Å²) in [6.45, 7) is 0. The van der Waals surface area contributed by atoms with Crippen molar-refractivity contribution >= 4 is 23.2 Å². The van der Waals surface area contributed by atoms with E-state index in [2.05, 4.69) is 11.8 Å². The first-order valence-electron chi connectivity index (χ1n) is 3.38. The summed E-state index contributed by atoms with van der Waals surface area (Å²) in [7, 11) is 0. The van der Waals surface area contributed by atoms with Gasteiger partial charge in [0.05, 0.1) is 11.4 Å². The molecule has 13 heavy (non-hydrogen) atoms. The lowest BCUT2D eigenvalue weighted by Gasteiger charge is -1.98. The Kier molecular flexibility index (Phi) is 3.41. The number of phenols is 1. The van der Waals surface area contributed by atoms with Crippen LogP contribution in [-0.2, 0) is 0 Å². The van der Waals surface area contributed by atoms with Crippen LogP contribution in [0.25, 0.3) is 0 Å². The summed E-state index contributed by atoms with van der Waals surface area (Å²) in [5.41, 5.74) is 0.144. The van der Waals surface area contributed by atoms with E-state index in [1.165, 1.54) is 6.07 Å². The molecule has 68 valence electrons. The van der Waals surface area contributed by atoms with Gasteiger partial charge in [0.25, 0.3) is 0 Å². The third-order valence-corrected chi connectivity index (χ3v) is 1.67. The molecule has 0 radical (unpaired) electrons. The smallest absolute Gasteiger partial charge is 0.167 e. The monoisotopic (exact) mass is 218 g/mol. The first-order valence-corrected chi connectivity index (χ1v) is 4.29. The number of benzene rings is 1. The Bertz CT molecular complexity index is 379. The zero-order valence-corrected chi connectivity index (χ0v) is 7.95. The highest BCUT2D eigenvalue weighted by atomic mass is 35.5. The minimum atomic E-state index is -0.786. The second-order valence-corrected chi connectivity index (χ2v) is 2.92. The molecule has 0 atom stereocenters. The predicted octanol–water partition coefficient (Wildman–Crippen LogP) is 2.78. The van der Waals surface area contributed by atoms with E-state index in [1.54, 1.807) is 0 Å². The standard InChI is InChI=1S/C9H5Cl2FO/c10-3-1-2-6-4-7(11)5-8(12)9(6)13/h4-5,13H,3H2. The number of alkyl halides is 1. The molecule has 0 spiro atoms. The third kappa shape index (κ3) is 2.51. The Hall–Kier alpha value is -0.910. The highest BCUT2D eigenvalue weighted by Gasteiger charge is 2.06. The molecule has 1 rings (SSSR count). The number of phenolic OH excluding ortho intramolecular Hbond substituents is 1. The molecule has 0 aliphatic carbocycles. The molecule has 0 heterocycles. The molecular formula is C9H5Cl2FO. The predicted molar refractivity (Wildman–Crippen MR) is 50.7 cm³/mol. The van der Waals surface area contributed by atoms with Gasteiger partial charge in [-0.05, 0) is 12.1 Å². The van der Waals surface area contributed by atoms with Gasteiger partial charge < -0.3 is 5.11 Å². The van der Waals surface area contributed by atoms with Crippen molar-refractivity contribution in [2.45, 2.75) is 0 Å². The molecule has 0 fully saturated rings. The lowest BCUT2D eigenvalue weighted by atomic mass is 10.2. The van der Waals surface area contributed by atoms with Crippen molar-refractivity contribution in [3.05, 3.63) is 28.5 Å².